The Bertz CT molecular complexity index is 1170. The Labute approximate surface area is 183 Å². The van der Waals surface area contributed by atoms with E-state index in [1.54, 1.807) is 11.4 Å². The Morgan fingerprint density at radius 3 is 2.81 bits per heavy atom. The number of ether oxygens (including phenoxy) is 1. The first-order valence-electron chi connectivity index (χ1n) is 11.3. The molecule has 8 heteroatoms. The molecule has 3 aromatic heterocycles. The van der Waals surface area contributed by atoms with Crippen molar-refractivity contribution in [3.63, 3.8) is 0 Å². The predicted octanol–water partition coefficient (Wildman–Crippen LogP) is 3.83. The minimum absolute atomic E-state index is 0.0258. The van der Waals surface area contributed by atoms with Crippen LogP contribution >= 0.6 is 0 Å². The van der Waals surface area contributed by atoms with Gasteiger partial charge in [0, 0.05) is 61.1 Å². The number of nitrogens with one attached hydrogen (secondary N) is 1. The van der Waals surface area contributed by atoms with Crippen molar-refractivity contribution >= 4 is 31.8 Å². The van der Waals surface area contributed by atoms with E-state index >= 15 is 0 Å². The fraction of sp³-hybridized carbons (Fsp3) is 0.565. The Morgan fingerprint density at radius 1 is 1.16 bits per heavy atom. The van der Waals surface area contributed by atoms with Crippen LogP contribution in [0.4, 0.5) is 0 Å². The summed E-state index contributed by atoms with van der Waals surface area (Å²) in [6, 6.07) is 2.08. The summed E-state index contributed by atoms with van der Waals surface area (Å²) < 4.78 is 33.1. The molecule has 1 aliphatic carbocycles. The highest BCUT2D eigenvalue weighted by Crippen LogP contribution is 2.40. The molecule has 1 unspecified atom stereocenters. The highest BCUT2D eigenvalue weighted by molar-refractivity contribution is 7.89. The zero-order chi connectivity index (χ0) is 21.4. The van der Waals surface area contributed by atoms with E-state index in [0.29, 0.717) is 19.0 Å². The molecule has 1 N–H and O–H groups in total. The summed E-state index contributed by atoms with van der Waals surface area (Å²) in [6.45, 7) is 1.12. The van der Waals surface area contributed by atoms with Crippen molar-refractivity contribution in [2.75, 3.05) is 26.0 Å². The second-order valence-corrected chi connectivity index (χ2v) is 11.1. The van der Waals surface area contributed by atoms with Crippen molar-refractivity contribution in [1.29, 1.82) is 0 Å². The molecule has 166 valence electrons. The van der Waals surface area contributed by atoms with Crippen molar-refractivity contribution in [3.8, 4) is 0 Å². The molecular weight excluding hydrogens is 412 g/mol. The van der Waals surface area contributed by atoms with Crippen LogP contribution < -0.4 is 0 Å². The fourth-order valence-corrected chi connectivity index (χ4v) is 7.35. The molecule has 3 aromatic rings. The third kappa shape index (κ3) is 4.08. The molecule has 7 nitrogen and oxygen atoms in total. The van der Waals surface area contributed by atoms with Gasteiger partial charge in [-0.2, -0.15) is 4.31 Å². The Hall–Kier alpha value is -2.03. The molecule has 0 amide bonds. The maximum absolute atomic E-state index is 13.0. The van der Waals surface area contributed by atoms with Gasteiger partial charge in [-0.25, -0.2) is 13.4 Å². The van der Waals surface area contributed by atoms with Crippen LogP contribution in [0.3, 0.4) is 0 Å². The van der Waals surface area contributed by atoms with E-state index in [0.717, 1.165) is 54.9 Å². The van der Waals surface area contributed by atoms with Gasteiger partial charge in [-0.1, -0.05) is 0 Å². The number of rotatable bonds is 5. The summed E-state index contributed by atoms with van der Waals surface area (Å²) >= 11 is 0. The molecule has 0 radical (unpaired) electrons. The second kappa shape index (κ2) is 8.48. The lowest BCUT2D eigenvalue weighted by Gasteiger charge is -2.34. The van der Waals surface area contributed by atoms with Crippen molar-refractivity contribution in [1.82, 2.24) is 19.3 Å². The molecule has 1 saturated carbocycles. The lowest BCUT2D eigenvalue weighted by Crippen LogP contribution is -2.44. The van der Waals surface area contributed by atoms with Crippen LogP contribution in [-0.2, 0) is 14.8 Å². The smallest absolute Gasteiger partial charge is 0.214 e. The predicted molar refractivity (Wildman–Crippen MR) is 121 cm³/mol. The molecule has 1 aliphatic heterocycles. The number of hydrogen-bond donors (Lipinski definition) is 1. The number of fused-ring (bicyclic) bond motifs is 3. The van der Waals surface area contributed by atoms with Crippen LogP contribution in [0.25, 0.3) is 21.8 Å². The normalized spacial score (nSPS) is 25.9. The third-order valence-electron chi connectivity index (χ3n) is 7.13. The zero-order valence-electron chi connectivity index (χ0n) is 18.0. The van der Waals surface area contributed by atoms with Gasteiger partial charge in [0.1, 0.15) is 5.65 Å². The second-order valence-electron chi connectivity index (χ2n) is 9.05. The van der Waals surface area contributed by atoms with Gasteiger partial charge in [0.05, 0.1) is 11.9 Å². The van der Waals surface area contributed by atoms with Crippen LogP contribution in [0, 0.1) is 5.92 Å². The number of aromatic nitrogens is 3. The molecule has 4 heterocycles. The average Bonchev–Trinajstić information content (AvgIpc) is 3.28. The molecule has 2 aliphatic rings. The van der Waals surface area contributed by atoms with Gasteiger partial charge < -0.3 is 9.72 Å². The Kier molecular flexibility index (Phi) is 5.71. The molecule has 1 saturated heterocycles. The van der Waals surface area contributed by atoms with Crippen molar-refractivity contribution < 1.29 is 13.2 Å². The maximum Gasteiger partial charge on any atom is 0.214 e. The highest BCUT2D eigenvalue weighted by atomic mass is 32.2. The number of nitrogens with zero attached hydrogens (tertiary/aromatic N) is 3. The zero-order valence-corrected chi connectivity index (χ0v) is 18.8. The van der Waals surface area contributed by atoms with Gasteiger partial charge in [-0.15, -0.1) is 0 Å². The maximum atomic E-state index is 13.0. The molecular formula is C23H30N4O3S. The SMILES string of the molecule is COC1CCCN(S(=O)(=O)CC2CCC(c3cncc4cnc5[nH]ccc5c34)CC2)C1. The van der Waals surface area contributed by atoms with Gasteiger partial charge in [-0.3, -0.25) is 4.98 Å². The number of hydrogen-bond acceptors (Lipinski definition) is 5. The van der Waals surface area contributed by atoms with Crippen LogP contribution in [0.2, 0.25) is 0 Å². The largest absolute Gasteiger partial charge is 0.380 e. The molecule has 2 fully saturated rings. The standard InChI is InChI=1S/C23H30N4O3S/c1-30-19-3-2-10-27(14-19)31(28,29)15-16-4-6-17(7-5-16)21-13-24-11-18-12-26-23-20(22(18)21)8-9-25-23/h8-9,11-13,16-17,19H,2-7,10,14-15H2,1H3,(H,25,26). The van der Waals surface area contributed by atoms with Gasteiger partial charge in [0.2, 0.25) is 10.0 Å². The number of piperidine rings is 1. The number of sulfonamides is 1. The van der Waals surface area contributed by atoms with Crippen LogP contribution in [-0.4, -0.2) is 59.7 Å². The van der Waals surface area contributed by atoms with E-state index in [2.05, 4.69) is 21.0 Å². The van der Waals surface area contributed by atoms with Crippen LogP contribution in [0.5, 0.6) is 0 Å². The van der Waals surface area contributed by atoms with E-state index in [1.807, 2.05) is 24.8 Å². The minimum atomic E-state index is -3.24. The molecule has 0 aromatic carbocycles. The van der Waals surface area contributed by atoms with E-state index in [4.69, 9.17) is 4.74 Å². The van der Waals surface area contributed by atoms with Crippen LogP contribution in [0.1, 0.15) is 50.0 Å². The van der Waals surface area contributed by atoms with Crippen molar-refractivity contribution in [2.24, 2.45) is 5.92 Å². The van der Waals surface area contributed by atoms with Crippen molar-refractivity contribution in [2.45, 2.75) is 50.5 Å². The summed E-state index contributed by atoms with van der Waals surface area (Å²) in [5, 5.41) is 3.43. The lowest BCUT2D eigenvalue weighted by molar-refractivity contribution is 0.0570. The number of pyridine rings is 2. The molecule has 5 rings (SSSR count). The van der Waals surface area contributed by atoms with E-state index < -0.39 is 10.0 Å². The van der Waals surface area contributed by atoms with Crippen LogP contribution in [0.15, 0.2) is 30.9 Å². The van der Waals surface area contributed by atoms with E-state index in [9.17, 15) is 8.42 Å². The first kappa shape index (κ1) is 20.8. The summed E-state index contributed by atoms with van der Waals surface area (Å²) in [7, 11) is -1.57. The quantitative estimate of drug-likeness (QED) is 0.649. The molecule has 31 heavy (non-hydrogen) atoms. The first-order chi connectivity index (χ1) is 15.0. The summed E-state index contributed by atoms with van der Waals surface area (Å²) in [6.07, 6.45) is 13.4. The minimum Gasteiger partial charge on any atom is -0.380 e. The number of methoxy groups -OCH3 is 1. The molecule has 0 bridgehead atoms. The van der Waals surface area contributed by atoms with Gasteiger partial charge in [0.25, 0.3) is 0 Å². The molecule has 1 atom stereocenters. The lowest BCUT2D eigenvalue weighted by atomic mass is 9.78. The summed E-state index contributed by atoms with van der Waals surface area (Å²) in [5.74, 6) is 0.889. The Balaban J connectivity index is 1.29. The Morgan fingerprint density at radius 2 is 2.00 bits per heavy atom. The van der Waals surface area contributed by atoms with E-state index in [1.165, 1.54) is 10.9 Å². The highest BCUT2D eigenvalue weighted by Gasteiger charge is 2.33. The summed E-state index contributed by atoms with van der Waals surface area (Å²) in [5.41, 5.74) is 2.17. The van der Waals surface area contributed by atoms with E-state index in [-0.39, 0.29) is 17.8 Å². The first-order valence-corrected chi connectivity index (χ1v) is 12.9. The van der Waals surface area contributed by atoms with Crippen molar-refractivity contribution in [3.05, 3.63) is 36.4 Å². The van der Waals surface area contributed by atoms with Gasteiger partial charge >= 0.3 is 0 Å². The monoisotopic (exact) mass is 442 g/mol. The summed E-state index contributed by atoms with van der Waals surface area (Å²) in [4.78, 5) is 12.2. The van der Waals surface area contributed by atoms with Gasteiger partial charge in [0.15, 0.2) is 0 Å². The average molecular weight is 443 g/mol. The number of H-pyrrole nitrogens is 1. The molecule has 0 spiro atoms. The topological polar surface area (TPSA) is 88.2 Å². The fourth-order valence-electron chi connectivity index (χ4n) is 5.41. The number of aromatic amines is 1. The third-order valence-corrected chi connectivity index (χ3v) is 9.14. The van der Waals surface area contributed by atoms with Gasteiger partial charge in [-0.05, 0) is 62.0 Å².